The molecule has 16 heavy (non-hydrogen) atoms. The van der Waals surface area contributed by atoms with Crippen molar-refractivity contribution in [3.8, 4) is 5.75 Å². The highest BCUT2D eigenvalue weighted by Crippen LogP contribution is 2.17. The van der Waals surface area contributed by atoms with Gasteiger partial charge < -0.3 is 16.2 Å². The maximum absolute atomic E-state index is 5.63. The summed E-state index contributed by atoms with van der Waals surface area (Å²) in [4.78, 5) is 5.46. The lowest BCUT2D eigenvalue weighted by Gasteiger charge is -2.02. The van der Waals surface area contributed by atoms with E-state index in [1.807, 2.05) is 31.2 Å². The molecule has 0 saturated heterocycles. The predicted molar refractivity (Wildman–Crippen MR) is 61.8 cm³/mol. The standard InChI is InChI=1S/C10H15N5O/c1-2-16-8-6-4-3-5-7(8)14-10(13)15-9(11)12/h3-6H,2H2,1H3,(H6,11,12,13,14,15)/p+2. The summed E-state index contributed by atoms with van der Waals surface area (Å²) in [5.74, 6) is 0.983. The number of ether oxygens (including phenoxy) is 1. The van der Waals surface area contributed by atoms with Crippen molar-refractivity contribution in [3.05, 3.63) is 24.3 Å². The lowest BCUT2D eigenvalue weighted by molar-refractivity contribution is -0.459. The van der Waals surface area contributed by atoms with Crippen LogP contribution in [0.25, 0.3) is 0 Å². The summed E-state index contributed by atoms with van der Waals surface area (Å²) in [6.45, 7) is 2.49. The molecule has 0 aliphatic heterocycles. The van der Waals surface area contributed by atoms with Gasteiger partial charge in [-0.2, -0.15) is 4.99 Å². The number of nitrogens with one attached hydrogen (secondary N) is 2. The van der Waals surface area contributed by atoms with Crippen LogP contribution in [0.15, 0.2) is 24.3 Å². The summed E-state index contributed by atoms with van der Waals surface area (Å²) >= 11 is 0. The van der Waals surface area contributed by atoms with Gasteiger partial charge in [-0.3, -0.25) is 0 Å². The minimum atomic E-state index is 0.0268. The average Bonchev–Trinajstić information content (AvgIpc) is 2.20. The summed E-state index contributed by atoms with van der Waals surface area (Å²) in [5, 5.41) is 0. The number of hydrogen-bond donors (Lipinski definition) is 5. The average molecular weight is 223 g/mol. The highest BCUT2D eigenvalue weighted by Gasteiger charge is 2.09. The van der Waals surface area contributed by atoms with E-state index >= 15 is 0 Å². The molecule has 6 nitrogen and oxygen atoms in total. The van der Waals surface area contributed by atoms with E-state index in [4.69, 9.17) is 21.9 Å². The monoisotopic (exact) mass is 223 g/mol. The second kappa shape index (κ2) is 5.59. The second-order valence-electron chi connectivity index (χ2n) is 3.05. The Labute approximate surface area is 93.8 Å². The lowest BCUT2D eigenvalue weighted by Crippen LogP contribution is -2.96. The largest absolute Gasteiger partial charge is 0.522 e. The predicted octanol–water partition coefficient (Wildman–Crippen LogP) is -3.53. The van der Waals surface area contributed by atoms with Crippen molar-refractivity contribution in [2.45, 2.75) is 6.92 Å². The van der Waals surface area contributed by atoms with Gasteiger partial charge in [0.2, 0.25) is 0 Å². The molecule has 0 fully saturated rings. The topological polar surface area (TPSA) is 115 Å². The van der Waals surface area contributed by atoms with Gasteiger partial charge in [0.1, 0.15) is 0 Å². The quantitative estimate of drug-likeness (QED) is 0.270. The van der Waals surface area contributed by atoms with E-state index in [0.29, 0.717) is 12.4 Å². The lowest BCUT2D eigenvalue weighted by atomic mass is 10.3. The van der Waals surface area contributed by atoms with Crippen molar-refractivity contribution in [3.63, 3.8) is 0 Å². The molecule has 0 amide bonds. The Hall–Kier alpha value is -2.24. The van der Waals surface area contributed by atoms with Crippen molar-refractivity contribution in [2.24, 2.45) is 17.2 Å². The van der Waals surface area contributed by atoms with Crippen LogP contribution >= 0.6 is 0 Å². The molecule has 0 heterocycles. The van der Waals surface area contributed by atoms with Crippen LogP contribution in [0.4, 0.5) is 5.69 Å². The van der Waals surface area contributed by atoms with Crippen LogP contribution in [0.2, 0.25) is 0 Å². The maximum Gasteiger partial charge on any atom is 0.522 e. The molecule has 0 spiro atoms. The Kier molecular flexibility index (Phi) is 4.14. The first-order valence-electron chi connectivity index (χ1n) is 4.89. The zero-order valence-electron chi connectivity index (χ0n) is 9.16. The smallest absolute Gasteiger partial charge is 0.489 e. The highest BCUT2D eigenvalue weighted by molar-refractivity contribution is 5.76. The number of guanidine groups is 2. The van der Waals surface area contributed by atoms with E-state index in [0.717, 1.165) is 5.69 Å². The van der Waals surface area contributed by atoms with Gasteiger partial charge in [-0.05, 0) is 19.1 Å². The number of para-hydroxylation sites is 2. The maximum atomic E-state index is 5.63. The first-order chi connectivity index (χ1) is 7.63. The van der Waals surface area contributed by atoms with Crippen LogP contribution in [0.1, 0.15) is 6.92 Å². The molecule has 1 aromatic carbocycles. The first kappa shape index (κ1) is 11.8. The number of hydrogen-bond acceptors (Lipinski definition) is 1. The fourth-order valence-electron chi connectivity index (χ4n) is 1.18. The molecule has 1 rings (SSSR count). The van der Waals surface area contributed by atoms with E-state index in [9.17, 15) is 0 Å². The molecule has 0 aliphatic carbocycles. The van der Waals surface area contributed by atoms with Crippen LogP contribution in [0, 0.1) is 0 Å². The fourth-order valence-corrected chi connectivity index (χ4v) is 1.18. The van der Waals surface area contributed by atoms with Crippen LogP contribution in [0.5, 0.6) is 5.75 Å². The van der Waals surface area contributed by atoms with E-state index in [1.54, 1.807) is 0 Å². The molecule has 0 aromatic heterocycles. The van der Waals surface area contributed by atoms with E-state index < -0.39 is 0 Å². The summed E-state index contributed by atoms with van der Waals surface area (Å²) in [6.07, 6.45) is 0. The van der Waals surface area contributed by atoms with Gasteiger partial charge in [-0.15, -0.1) is 4.99 Å². The van der Waals surface area contributed by atoms with Crippen molar-refractivity contribution < 1.29 is 14.7 Å². The van der Waals surface area contributed by atoms with Gasteiger partial charge in [0.05, 0.1) is 6.61 Å². The van der Waals surface area contributed by atoms with E-state index in [-0.39, 0.29) is 11.9 Å². The first-order valence-corrected chi connectivity index (χ1v) is 4.89. The molecule has 0 atom stereocenters. The van der Waals surface area contributed by atoms with Gasteiger partial charge in [-0.25, -0.2) is 5.73 Å². The number of nitrogens with two attached hydrogens (primary N) is 3. The van der Waals surface area contributed by atoms with Crippen LogP contribution in [0.3, 0.4) is 0 Å². The van der Waals surface area contributed by atoms with Gasteiger partial charge in [0, 0.05) is 0 Å². The van der Waals surface area contributed by atoms with Crippen molar-refractivity contribution in [2.75, 3.05) is 6.61 Å². The zero-order valence-corrected chi connectivity index (χ0v) is 9.16. The summed E-state index contributed by atoms with van der Waals surface area (Å²) < 4.78 is 5.41. The summed E-state index contributed by atoms with van der Waals surface area (Å²) in [6, 6.07) is 7.43. The molecular formula is C10H17N5O+2. The van der Waals surface area contributed by atoms with Crippen LogP contribution in [-0.4, -0.2) is 18.5 Å². The second-order valence-corrected chi connectivity index (χ2v) is 3.05. The minimum absolute atomic E-state index is 0.0268. The number of benzene rings is 1. The van der Waals surface area contributed by atoms with Gasteiger partial charge in [0.25, 0.3) is 5.96 Å². The third-order valence-electron chi connectivity index (χ3n) is 1.74. The zero-order chi connectivity index (χ0) is 12.0. The molecule has 0 radical (unpaired) electrons. The molecule has 0 unspecified atom stereocenters. The molecule has 6 heteroatoms. The van der Waals surface area contributed by atoms with Gasteiger partial charge >= 0.3 is 5.96 Å². The normalized spacial score (nSPS) is 10.9. The van der Waals surface area contributed by atoms with Crippen molar-refractivity contribution in [1.29, 1.82) is 0 Å². The van der Waals surface area contributed by atoms with E-state index in [2.05, 4.69) is 9.98 Å². The van der Waals surface area contributed by atoms with Gasteiger partial charge in [-0.1, -0.05) is 12.1 Å². The SMILES string of the molecule is CCOc1ccccc1[NH+]=C(N)[NH+]=C(N)N. The van der Waals surface area contributed by atoms with Crippen molar-refractivity contribution >= 4 is 17.6 Å². The van der Waals surface area contributed by atoms with Crippen LogP contribution in [-0.2, 0) is 0 Å². The Morgan fingerprint density at radius 1 is 1.25 bits per heavy atom. The fraction of sp³-hybridized carbons (Fsp3) is 0.200. The molecule has 86 valence electrons. The Bertz CT molecular complexity index is 409. The minimum Gasteiger partial charge on any atom is -0.489 e. The Morgan fingerprint density at radius 3 is 2.56 bits per heavy atom. The summed E-state index contributed by atoms with van der Waals surface area (Å²) in [7, 11) is 0. The Morgan fingerprint density at radius 2 is 1.94 bits per heavy atom. The van der Waals surface area contributed by atoms with Crippen LogP contribution < -0.4 is 31.9 Å². The number of rotatable bonds is 3. The molecule has 0 aliphatic rings. The summed E-state index contributed by atoms with van der Waals surface area (Å²) in [5.41, 5.74) is 16.9. The highest BCUT2D eigenvalue weighted by atomic mass is 16.5. The third kappa shape index (κ3) is 3.49. The van der Waals surface area contributed by atoms with E-state index in [1.165, 1.54) is 0 Å². The third-order valence-corrected chi connectivity index (χ3v) is 1.74. The molecule has 0 bridgehead atoms. The Balaban J connectivity index is 2.99. The molecule has 0 saturated carbocycles. The van der Waals surface area contributed by atoms with Crippen molar-refractivity contribution in [1.82, 2.24) is 0 Å². The molecular weight excluding hydrogens is 206 g/mol. The molecule has 1 aromatic rings. The molecule has 8 N–H and O–H groups in total. The van der Waals surface area contributed by atoms with Gasteiger partial charge in [0.15, 0.2) is 11.4 Å².